The number of thiazole rings is 1. The first-order valence-corrected chi connectivity index (χ1v) is 9.18. The minimum Gasteiger partial charge on any atom is -0.297 e. The van der Waals surface area contributed by atoms with Crippen molar-refractivity contribution in [3.63, 3.8) is 0 Å². The standard InChI is InChI=1S/C14H8Br2N2OS2/c15-9-3-1-2-8(6-9)10-7-20-14(17-10)18-13(19)11-4-5-12(16)21-11/h1-7H,(H,17,18,19). The lowest BCUT2D eigenvalue weighted by Crippen LogP contribution is -2.09. The highest BCUT2D eigenvalue weighted by Crippen LogP contribution is 2.28. The van der Waals surface area contributed by atoms with E-state index in [1.54, 1.807) is 6.07 Å². The summed E-state index contributed by atoms with van der Waals surface area (Å²) >= 11 is 9.60. The van der Waals surface area contributed by atoms with Crippen LogP contribution in [-0.4, -0.2) is 10.9 Å². The number of carbonyl (C=O) groups is 1. The number of hydrogen-bond donors (Lipinski definition) is 1. The van der Waals surface area contributed by atoms with Gasteiger partial charge in [-0.3, -0.25) is 10.1 Å². The molecule has 1 aromatic carbocycles. The van der Waals surface area contributed by atoms with Gasteiger partial charge in [-0.25, -0.2) is 4.98 Å². The number of nitrogens with zero attached hydrogens (tertiary/aromatic N) is 1. The first kappa shape index (κ1) is 14.9. The summed E-state index contributed by atoms with van der Waals surface area (Å²) in [5, 5.41) is 5.35. The molecule has 0 atom stereocenters. The molecule has 3 aromatic rings. The van der Waals surface area contributed by atoms with Crippen molar-refractivity contribution < 1.29 is 4.79 Å². The van der Waals surface area contributed by atoms with Gasteiger partial charge in [-0.2, -0.15) is 0 Å². The quantitative estimate of drug-likeness (QED) is 0.568. The minimum absolute atomic E-state index is 0.138. The summed E-state index contributed by atoms with van der Waals surface area (Å²) in [5.41, 5.74) is 1.86. The second-order valence-electron chi connectivity index (χ2n) is 4.11. The van der Waals surface area contributed by atoms with Crippen LogP contribution in [0.15, 0.2) is 50.0 Å². The summed E-state index contributed by atoms with van der Waals surface area (Å²) in [6, 6.07) is 11.5. The molecule has 7 heteroatoms. The van der Waals surface area contributed by atoms with Crippen molar-refractivity contribution in [2.24, 2.45) is 0 Å². The van der Waals surface area contributed by atoms with Gasteiger partial charge in [-0.15, -0.1) is 22.7 Å². The Morgan fingerprint density at radius 2 is 2.05 bits per heavy atom. The predicted molar refractivity (Wildman–Crippen MR) is 95.2 cm³/mol. The number of thiophene rings is 1. The smallest absolute Gasteiger partial charge is 0.267 e. The zero-order chi connectivity index (χ0) is 14.8. The molecule has 2 heterocycles. The lowest BCUT2D eigenvalue weighted by molar-refractivity contribution is 0.103. The molecule has 0 aliphatic heterocycles. The molecule has 1 N–H and O–H groups in total. The lowest BCUT2D eigenvalue weighted by atomic mass is 10.2. The second-order valence-corrected chi connectivity index (χ2v) is 8.34. The van der Waals surface area contributed by atoms with Gasteiger partial charge >= 0.3 is 0 Å². The summed E-state index contributed by atoms with van der Waals surface area (Å²) < 4.78 is 1.93. The Morgan fingerprint density at radius 1 is 1.19 bits per heavy atom. The van der Waals surface area contributed by atoms with Crippen LogP contribution in [-0.2, 0) is 0 Å². The first-order valence-electron chi connectivity index (χ1n) is 5.90. The van der Waals surface area contributed by atoms with Gasteiger partial charge in [0, 0.05) is 15.4 Å². The van der Waals surface area contributed by atoms with E-state index in [1.165, 1.54) is 22.7 Å². The van der Waals surface area contributed by atoms with E-state index in [2.05, 4.69) is 42.2 Å². The molecule has 3 nitrogen and oxygen atoms in total. The molecule has 0 fully saturated rings. The molecule has 0 radical (unpaired) electrons. The Balaban J connectivity index is 1.78. The maximum absolute atomic E-state index is 12.1. The van der Waals surface area contributed by atoms with E-state index in [0.29, 0.717) is 10.0 Å². The molecule has 0 saturated carbocycles. The van der Waals surface area contributed by atoms with E-state index >= 15 is 0 Å². The van der Waals surface area contributed by atoms with E-state index in [1.807, 2.05) is 35.7 Å². The Kier molecular flexibility index (Phi) is 4.54. The topological polar surface area (TPSA) is 42.0 Å². The van der Waals surface area contributed by atoms with Crippen LogP contribution < -0.4 is 5.32 Å². The Labute approximate surface area is 146 Å². The zero-order valence-electron chi connectivity index (χ0n) is 10.5. The van der Waals surface area contributed by atoms with Crippen LogP contribution in [0, 0.1) is 0 Å². The van der Waals surface area contributed by atoms with Gasteiger partial charge in [0.15, 0.2) is 5.13 Å². The van der Waals surface area contributed by atoms with Crippen LogP contribution in [0.3, 0.4) is 0 Å². The molecule has 0 saturated heterocycles. The van der Waals surface area contributed by atoms with Crippen LogP contribution in [0.2, 0.25) is 0 Å². The number of amides is 1. The van der Waals surface area contributed by atoms with Gasteiger partial charge in [0.05, 0.1) is 14.4 Å². The Bertz CT molecular complexity index is 798. The third-order valence-corrected chi connectivity index (χ3v) is 5.52. The number of hydrogen-bond acceptors (Lipinski definition) is 4. The summed E-state index contributed by atoms with van der Waals surface area (Å²) in [4.78, 5) is 17.2. The first-order chi connectivity index (χ1) is 10.1. The maximum atomic E-state index is 12.1. The largest absolute Gasteiger partial charge is 0.297 e. The fraction of sp³-hybridized carbons (Fsp3) is 0. The molecule has 21 heavy (non-hydrogen) atoms. The van der Waals surface area contributed by atoms with Crippen LogP contribution in [0.1, 0.15) is 9.67 Å². The average molecular weight is 444 g/mol. The number of halogens is 2. The third kappa shape index (κ3) is 3.60. The highest BCUT2D eigenvalue weighted by atomic mass is 79.9. The summed E-state index contributed by atoms with van der Waals surface area (Å²) in [5.74, 6) is -0.138. The number of carbonyl (C=O) groups excluding carboxylic acids is 1. The van der Waals surface area contributed by atoms with Gasteiger partial charge in [0.2, 0.25) is 0 Å². The second kappa shape index (κ2) is 6.39. The Morgan fingerprint density at radius 3 is 2.76 bits per heavy atom. The van der Waals surface area contributed by atoms with Crippen molar-refractivity contribution in [1.82, 2.24) is 4.98 Å². The highest BCUT2D eigenvalue weighted by Gasteiger charge is 2.11. The van der Waals surface area contributed by atoms with E-state index in [0.717, 1.165) is 19.5 Å². The van der Waals surface area contributed by atoms with Crippen LogP contribution in [0.5, 0.6) is 0 Å². The van der Waals surface area contributed by atoms with Crippen molar-refractivity contribution in [1.29, 1.82) is 0 Å². The van der Waals surface area contributed by atoms with Crippen LogP contribution in [0.4, 0.5) is 5.13 Å². The number of anilines is 1. The number of rotatable bonds is 3. The summed E-state index contributed by atoms with van der Waals surface area (Å²) in [6.07, 6.45) is 0. The monoisotopic (exact) mass is 442 g/mol. The summed E-state index contributed by atoms with van der Waals surface area (Å²) in [7, 11) is 0. The van der Waals surface area contributed by atoms with E-state index in [9.17, 15) is 4.79 Å². The SMILES string of the molecule is O=C(Nc1nc(-c2cccc(Br)c2)cs1)c1ccc(Br)s1. The fourth-order valence-electron chi connectivity index (χ4n) is 1.71. The lowest BCUT2D eigenvalue weighted by Gasteiger charge is -1.99. The number of aromatic nitrogens is 1. The zero-order valence-corrected chi connectivity index (χ0v) is 15.3. The van der Waals surface area contributed by atoms with E-state index < -0.39 is 0 Å². The molecule has 0 spiro atoms. The van der Waals surface area contributed by atoms with E-state index in [-0.39, 0.29) is 5.91 Å². The van der Waals surface area contributed by atoms with Gasteiger partial charge in [-0.05, 0) is 40.2 Å². The van der Waals surface area contributed by atoms with Crippen molar-refractivity contribution in [3.8, 4) is 11.3 Å². The maximum Gasteiger partial charge on any atom is 0.267 e. The van der Waals surface area contributed by atoms with E-state index in [4.69, 9.17) is 0 Å². The molecular formula is C14H8Br2N2OS2. The molecular weight excluding hydrogens is 436 g/mol. The van der Waals surface area contributed by atoms with Gasteiger partial charge < -0.3 is 0 Å². The van der Waals surface area contributed by atoms with Crippen molar-refractivity contribution in [2.45, 2.75) is 0 Å². The van der Waals surface area contributed by atoms with Crippen LogP contribution in [0.25, 0.3) is 11.3 Å². The third-order valence-electron chi connectivity index (χ3n) is 2.64. The highest BCUT2D eigenvalue weighted by molar-refractivity contribution is 9.11. The molecule has 106 valence electrons. The number of benzene rings is 1. The predicted octanol–water partition coefficient (Wildman–Crippen LogP) is 5.65. The van der Waals surface area contributed by atoms with Gasteiger partial charge in [-0.1, -0.05) is 28.1 Å². The Hall–Kier alpha value is -1.02. The van der Waals surface area contributed by atoms with Crippen molar-refractivity contribution >= 4 is 65.6 Å². The molecule has 2 aromatic heterocycles. The molecule has 0 aliphatic rings. The normalized spacial score (nSPS) is 10.6. The minimum atomic E-state index is -0.138. The number of nitrogens with one attached hydrogen (secondary N) is 1. The molecule has 0 aliphatic carbocycles. The molecule has 0 bridgehead atoms. The molecule has 3 rings (SSSR count). The summed E-state index contributed by atoms with van der Waals surface area (Å²) in [6.45, 7) is 0. The van der Waals surface area contributed by atoms with Gasteiger partial charge in [0.1, 0.15) is 0 Å². The van der Waals surface area contributed by atoms with Crippen molar-refractivity contribution in [2.75, 3.05) is 5.32 Å². The molecule has 0 unspecified atom stereocenters. The fourth-order valence-corrected chi connectivity index (χ4v) is 4.10. The van der Waals surface area contributed by atoms with Crippen LogP contribution >= 0.6 is 54.5 Å². The molecule has 1 amide bonds. The average Bonchev–Trinajstić information content (AvgIpc) is 3.08. The van der Waals surface area contributed by atoms with Gasteiger partial charge in [0.25, 0.3) is 5.91 Å². The van der Waals surface area contributed by atoms with Crippen molar-refractivity contribution in [3.05, 3.63) is 54.9 Å².